The lowest BCUT2D eigenvalue weighted by Crippen LogP contribution is -2.47. The van der Waals surface area contributed by atoms with Crippen LogP contribution < -0.4 is 5.32 Å². The van der Waals surface area contributed by atoms with Crippen molar-refractivity contribution in [3.63, 3.8) is 0 Å². The minimum absolute atomic E-state index is 0.0102. The molecule has 0 aromatic carbocycles. The van der Waals surface area contributed by atoms with Crippen molar-refractivity contribution in [1.82, 2.24) is 5.32 Å². The number of unbranched alkanes of at least 4 members (excludes halogenated alkanes) is 3. The fraction of sp³-hybridized carbons (Fsp3) is 0.864. The molecule has 2 unspecified atom stereocenters. The number of carbonyl (C=O) groups is 3. The summed E-state index contributed by atoms with van der Waals surface area (Å²) in [6, 6.07) is -0.548. The second-order valence-electron chi connectivity index (χ2n) is 7.59. The van der Waals surface area contributed by atoms with Crippen LogP contribution in [0.5, 0.6) is 0 Å². The van der Waals surface area contributed by atoms with E-state index in [1.165, 1.54) is 52.9 Å². The fourth-order valence-corrected chi connectivity index (χ4v) is 5.82. The molecule has 1 N–H and O–H groups in total. The minimum Gasteiger partial charge on any atom is -0.464 e. The van der Waals surface area contributed by atoms with E-state index in [4.69, 9.17) is 9.47 Å². The molecular weight excluding hydrogens is 422 g/mol. The molecule has 0 heterocycles. The van der Waals surface area contributed by atoms with Gasteiger partial charge in [-0.25, -0.2) is 0 Å². The van der Waals surface area contributed by atoms with Crippen molar-refractivity contribution in [1.29, 1.82) is 0 Å². The number of hydrogen-bond acceptors (Lipinski definition) is 7. The van der Waals surface area contributed by atoms with Crippen LogP contribution in [0.15, 0.2) is 0 Å². The molecule has 30 heavy (non-hydrogen) atoms. The lowest BCUT2D eigenvalue weighted by atomic mass is 10.0. The number of hydrogen-bond donors (Lipinski definition) is 1. The predicted molar refractivity (Wildman–Crippen MR) is 127 cm³/mol. The van der Waals surface area contributed by atoms with Crippen molar-refractivity contribution in [2.75, 3.05) is 19.1 Å². The zero-order chi connectivity index (χ0) is 22.9. The van der Waals surface area contributed by atoms with Gasteiger partial charge in [-0.1, -0.05) is 32.6 Å². The molecule has 0 aliphatic carbocycles. The first-order valence-corrected chi connectivity index (χ1v) is 13.5. The summed E-state index contributed by atoms with van der Waals surface area (Å²) in [5.41, 5.74) is 0. The molecule has 0 fully saturated rings. The molecule has 0 aliphatic rings. The van der Waals surface area contributed by atoms with Gasteiger partial charge in [0, 0.05) is 31.3 Å². The van der Waals surface area contributed by atoms with E-state index in [9.17, 15) is 14.4 Å². The molecular formula is C22H41NO5S2. The van der Waals surface area contributed by atoms with Gasteiger partial charge in [-0.2, -0.15) is 23.5 Å². The summed E-state index contributed by atoms with van der Waals surface area (Å²) in [6.45, 7) is 6.29. The van der Waals surface area contributed by atoms with Crippen LogP contribution in [0.2, 0.25) is 0 Å². The third-order valence-corrected chi connectivity index (χ3v) is 7.47. The molecule has 0 bridgehead atoms. The third kappa shape index (κ3) is 14.2. The van der Waals surface area contributed by atoms with E-state index in [1.54, 1.807) is 0 Å². The van der Waals surface area contributed by atoms with Crippen molar-refractivity contribution in [3.8, 4) is 0 Å². The van der Waals surface area contributed by atoms with Crippen LogP contribution in [0, 0.1) is 0 Å². The molecule has 0 rings (SSSR count). The van der Waals surface area contributed by atoms with Gasteiger partial charge in [-0.05, 0) is 38.2 Å². The van der Waals surface area contributed by atoms with E-state index in [2.05, 4.69) is 24.8 Å². The maximum atomic E-state index is 11.6. The van der Waals surface area contributed by atoms with Crippen LogP contribution in [0.1, 0.15) is 79.1 Å². The Hall–Kier alpha value is -0.890. The van der Waals surface area contributed by atoms with Gasteiger partial charge in [0.25, 0.3) is 0 Å². The Morgan fingerprint density at radius 3 is 1.90 bits per heavy atom. The SMILES string of the molecule is CCCCCCC(SC)C(CCC[C@@H](OC(C)=O)[C@@H](COC(C)=O)NC(C)=O)SC. The predicted octanol–water partition coefficient (Wildman–Crippen LogP) is 4.59. The number of carbonyl (C=O) groups excluding carboxylic acids is 3. The van der Waals surface area contributed by atoms with Crippen molar-refractivity contribution in [2.45, 2.75) is 102 Å². The van der Waals surface area contributed by atoms with Crippen LogP contribution in [0.25, 0.3) is 0 Å². The van der Waals surface area contributed by atoms with Gasteiger partial charge in [0.15, 0.2) is 0 Å². The van der Waals surface area contributed by atoms with Crippen LogP contribution in [-0.4, -0.2) is 59.6 Å². The standard InChI is InChI=1S/C22H41NO5S2/c1-7-8-9-10-13-21(29-5)22(30-6)14-11-12-20(28-18(4)26)19(23-16(2)24)15-27-17(3)25/h19-22H,7-15H2,1-6H3,(H,23,24)/t19-,20-,21?,22?/m1/s1. The highest BCUT2D eigenvalue weighted by Gasteiger charge is 2.27. The van der Waals surface area contributed by atoms with E-state index in [1.807, 2.05) is 23.5 Å². The van der Waals surface area contributed by atoms with E-state index in [0.29, 0.717) is 16.9 Å². The topological polar surface area (TPSA) is 81.7 Å². The molecule has 0 saturated heterocycles. The maximum Gasteiger partial charge on any atom is 0.302 e. The molecule has 6 nitrogen and oxygen atoms in total. The highest BCUT2D eigenvalue weighted by atomic mass is 32.2. The Bertz CT molecular complexity index is 504. The van der Waals surface area contributed by atoms with Gasteiger partial charge >= 0.3 is 11.9 Å². The molecule has 0 spiro atoms. The maximum absolute atomic E-state index is 11.6. The minimum atomic E-state index is -0.548. The van der Waals surface area contributed by atoms with Crippen molar-refractivity contribution in [3.05, 3.63) is 0 Å². The Labute approximate surface area is 191 Å². The first-order valence-electron chi connectivity index (χ1n) is 10.9. The van der Waals surface area contributed by atoms with Crippen LogP contribution >= 0.6 is 23.5 Å². The van der Waals surface area contributed by atoms with Crippen LogP contribution in [-0.2, 0) is 23.9 Å². The summed E-state index contributed by atoms with van der Waals surface area (Å²) in [5.74, 6) is -1.08. The number of amides is 1. The fourth-order valence-electron chi connectivity index (χ4n) is 3.47. The average Bonchev–Trinajstić information content (AvgIpc) is 2.67. The normalized spacial score (nSPS) is 15.0. The number of thioether (sulfide) groups is 2. The molecule has 176 valence electrons. The monoisotopic (exact) mass is 463 g/mol. The Morgan fingerprint density at radius 2 is 1.43 bits per heavy atom. The average molecular weight is 464 g/mol. The van der Waals surface area contributed by atoms with E-state index in [0.717, 1.165) is 12.8 Å². The molecule has 4 atom stereocenters. The lowest BCUT2D eigenvalue weighted by Gasteiger charge is -2.28. The Balaban J connectivity index is 4.90. The van der Waals surface area contributed by atoms with E-state index >= 15 is 0 Å². The van der Waals surface area contributed by atoms with E-state index < -0.39 is 24.1 Å². The molecule has 0 aromatic heterocycles. The van der Waals surface area contributed by atoms with Crippen LogP contribution in [0.3, 0.4) is 0 Å². The van der Waals surface area contributed by atoms with Crippen molar-refractivity contribution in [2.24, 2.45) is 0 Å². The van der Waals surface area contributed by atoms with Crippen LogP contribution in [0.4, 0.5) is 0 Å². The van der Waals surface area contributed by atoms with E-state index in [-0.39, 0.29) is 12.5 Å². The third-order valence-electron chi connectivity index (χ3n) is 4.96. The van der Waals surface area contributed by atoms with Crippen molar-refractivity contribution < 1.29 is 23.9 Å². The quantitative estimate of drug-likeness (QED) is 0.249. The molecule has 0 aromatic rings. The summed E-state index contributed by atoms with van der Waals surface area (Å²) in [4.78, 5) is 34.4. The van der Waals surface area contributed by atoms with Crippen molar-refractivity contribution >= 4 is 41.4 Å². The molecule has 0 saturated carbocycles. The second kappa shape index (κ2) is 17.8. The molecule has 1 amide bonds. The number of ether oxygens (including phenoxy) is 2. The molecule has 0 radical (unpaired) electrons. The lowest BCUT2D eigenvalue weighted by molar-refractivity contribution is -0.152. The summed E-state index contributed by atoms with van der Waals surface area (Å²) >= 11 is 3.83. The highest BCUT2D eigenvalue weighted by molar-refractivity contribution is 8.03. The number of nitrogens with one attached hydrogen (secondary N) is 1. The molecule has 0 aliphatic heterocycles. The second-order valence-corrected chi connectivity index (χ2v) is 9.74. The number of esters is 2. The van der Waals surface area contributed by atoms with Gasteiger partial charge in [0.05, 0.1) is 6.04 Å². The summed E-state index contributed by atoms with van der Waals surface area (Å²) in [7, 11) is 0. The van der Waals surface area contributed by atoms with Gasteiger partial charge in [-0.3, -0.25) is 14.4 Å². The van der Waals surface area contributed by atoms with Gasteiger partial charge in [0.2, 0.25) is 5.91 Å². The Kier molecular flexibility index (Phi) is 17.2. The first-order chi connectivity index (χ1) is 14.2. The smallest absolute Gasteiger partial charge is 0.302 e. The highest BCUT2D eigenvalue weighted by Crippen LogP contribution is 2.30. The summed E-state index contributed by atoms with van der Waals surface area (Å²) < 4.78 is 10.6. The van der Waals surface area contributed by atoms with Gasteiger partial charge in [0.1, 0.15) is 12.7 Å². The summed E-state index contributed by atoms with van der Waals surface area (Å²) in [5, 5.41) is 3.91. The number of rotatable bonds is 17. The zero-order valence-electron chi connectivity index (χ0n) is 19.5. The zero-order valence-corrected chi connectivity index (χ0v) is 21.2. The summed E-state index contributed by atoms with van der Waals surface area (Å²) in [6.07, 6.45) is 12.6. The first kappa shape index (κ1) is 29.1. The molecule has 8 heteroatoms. The Morgan fingerprint density at radius 1 is 0.833 bits per heavy atom. The van der Waals surface area contributed by atoms with Gasteiger partial charge in [-0.15, -0.1) is 0 Å². The van der Waals surface area contributed by atoms with Gasteiger partial charge < -0.3 is 14.8 Å². The largest absolute Gasteiger partial charge is 0.464 e.